The topological polar surface area (TPSA) is 12.4 Å². The van der Waals surface area contributed by atoms with Crippen LogP contribution in [-0.2, 0) is 0 Å². The first-order valence-electron chi connectivity index (χ1n) is 5.37. The zero-order valence-corrected chi connectivity index (χ0v) is 9.70. The summed E-state index contributed by atoms with van der Waals surface area (Å²) in [5, 5.41) is 2.47. The molecule has 0 aliphatic carbocycles. The van der Waals surface area contributed by atoms with Crippen LogP contribution in [0.1, 0.15) is 19.4 Å². The molecule has 0 N–H and O–H groups in total. The first kappa shape index (κ1) is 10.6. The Balaban J connectivity index is 2.47. The molecule has 0 aromatic heterocycles. The van der Waals surface area contributed by atoms with Gasteiger partial charge in [-0.1, -0.05) is 43.0 Å². The Labute approximate surface area is 96.1 Å². The van der Waals surface area contributed by atoms with Gasteiger partial charge in [-0.15, -0.1) is 0 Å². The summed E-state index contributed by atoms with van der Waals surface area (Å²) in [6.07, 6.45) is 0. The highest BCUT2D eigenvalue weighted by Crippen LogP contribution is 2.20. The zero-order valence-electron chi connectivity index (χ0n) is 9.70. The van der Waals surface area contributed by atoms with E-state index >= 15 is 0 Å². The van der Waals surface area contributed by atoms with E-state index in [-0.39, 0.29) is 0 Å². The fraction of sp³-hybridized carbons (Fsp3) is 0.133. The van der Waals surface area contributed by atoms with E-state index in [9.17, 15) is 0 Å². The third kappa shape index (κ3) is 2.19. The van der Waals surface area contributed by atoms with Gasteiger partial charge >= 0.3 is 0 Å². The van der Waals surface area contributed by atoms with E-state index in [4.69, 9.17) is 0 Å². The molecule has 0 heterocycles. The van der Waals surface area contributed by atoms with Crippen LogP contribution in [-0.4, -0.2) is 5.71 Å². The Kier molecular flexibility index (Phi) is 2.86. The second-order valence-corrected chi connectivity index (χ2v) is 4.07. The molecule has 0 bridgehead atoms. The summed E-state index contributed by atoms with van der Waals surface area (Å²) in [6.45, 7) is 7.94. The van der Waals surface area contributed by atoms with E-state index < -0.39 is 0 Å². The van der Waals surface area contributed by atoms with Crippen molar-refractivity contribution in [2.24, 2.45) is 4.99 Å². The van der Waals surface area contributed by atoms with Gasteiger partial charge in [-0.2, -0.15) is 0 Å². The number of benzene rings is 2. The van der Waals surface area contributed by atoms with Crippen molar-refractivity contribution < 1.29 is 0 Å². The van der Waals surface area contributed by atoms with Crippen molar-refractivity contribution in [3.8, 4) is 0 Å². The molecule has 2 aromatic carbocycles. The van der Waals surface area contributed by atoms with Crippen molar-refractivity contribution in [2.75, 3.05) is 0 Å². The van der Waals surface area contributed by atoms with Crippen LogP contribution in [0.15, 0.2) is 54.0 Å². The van der Waals surface area contributed by atoms with Gasteiger partial charge in [-0.25, -0.2) is 0 Å². The second-order valence-electron chi connectivity index (χ2n) is 4.07. The third-order valence-corrected chi connectivity index (χ3v) is 2.44. The molecule has 0 amide bonds. The van der Waals surface area contributed by atoms with Crippen LogP contribution < -0.4 is 0 Å². The minimum absolute atomic E-state index is 0.825. The summed E-state index contributed by atoms with van der Waals surface area (Å²) in [5.74, 6) is 0. The van der Waals surface area contributed by atoms with E-state index in [1.807, 2.05) is 26.0 Å². The smallest absolute Gasteiger partial charge is 0.0629 e. The molecule has 1 heteroatoms. The highest BCUT2D eigenvalue weighted by atomic mass is 14.7. The molecular weight excluding hydrogens is 194 g/mol. The average Bonchev–Trinajstić information content (AvgIpc) is 2.27. The normalized spacial score (nSPS) is 10.1. The first-order chi connectivity index (χ1) is 7.66. The molecule has 2 rings (SSSR count). The Morgan fingerprint density at radius 1 is 1.00 bits per heavy atom. The molecule has 0 aliphatic heterocycles. The summed E-state index contributed by atoms with van der Waals surface area (Å²) in [6, 6.07) is 14.6. The van der Waals surface area contributed by atoms with E-state index in [0.717, 1.165) is 17.0 Å². The fourth-order valence-electron chi connectivity index (χ4n) is 1.70. The fourth-order valence-corrected chi connectivity index (χ4v) is 1.70. The lowest BCUT2D eigenvalue weighted by atomic mass is 10.1. The van der Waals surface area contributed by atoms with Gasteiger partial charge in [-0.05, 0) is 30.7 Å². The van der Waals surface area contributed by atoms with Crippen LogP contribution in [0.3, 0.4) is 0 Å². The van der Waals surface area contributed by atoms with E-state index in [0.29, 0.717) is 0 Å². The maximum atomic E-state index is 4.38. The molecule has 0 radical (unpaired) electrons. The third-order valence-electron chi connectivity index (χ3n) is 2.44. The zero-order chi connectivity index (χ0) is 11.5. The first-order valence-corrected chi connectivity index (χ1v) is 5.37. The van der Waals surface area contributed by atoms with Gasteiger partial charge in [0, 0.05) is 11.3 Å². The van der Waals surface area contributed by atoms with E-state index in [1.54, 1.807) is 0 Å². The van der Waals surface area contributed by atoms with Crippen LogP contribution >= 0.6 is 0 Å². The van der Waals surface area contributed by atoms with Gasteiger partial charge in [0.25, 0.3) is 0 Å². The van der Waals surface area contributed by atoms with Gasteiger partial charge in [-0.3, -0.25) is 4.99 Å². The Morgan fingerprint density at radius 2 is 1.69 bits per heavy atom. The number of rotatable bonds is 2. The van der Waals surface area contributed by atoms with Crippen LogP contribution in [0.4, 0.5) is 0 Å². The van der Waals surface area contributed by atoms with Crippen molar-refractivity contribution in [2.45, 2.75) is 13.8 Å². The van der Waals surface area contributed by atoms with Gasteiger partial charge < -0.3 is 0 Å². The number of hydrogen-bond acceptors (Lipinski definition) is 1. The summed E-state index contributed by atoms with van der Waals surface area (Å²) < 4.78 is 0. The Bertz CT molecular complexity index is 560. The van der Waals surface area contributed by atoms with Crippen LogP contribution in [0.2, 0.25) is 0 Å². The lowest BCUT2D eigenvalue weighted by molar-refractivity contribution is 1.49. The molecule has 0 aliphatic rings. The molecule has 0 saturated carbocycles. The van der Waals surface area contributed by atoms with Crippen molar-refractivity contribution >= 4 is 22.2 Å². The molecule has 2 aromatic rings. The average molecular weight is 209 g/mol. The summed E-state index contributed by atoms with van der Waals surface area (Å²) in [4.78, 5) is 4.38. The quantitative estimate of drug-likeness (QED) is 0.654. The maximum absolute atomic E-state index is 4.38. The lowest BCUT2D eigenvalue weighted by Gasteiger charge is -2.03. The SMILES string of the molecule is C=C(N=C(C)C)c1ccc2ccccc2c1. The lowest BCUT2D eigenvalue weighted by Crippen LogP contribution is -1.85. The predicted octanol–water partition coefficient (Wildman–Crippen LogP) is 4.29. The molecule has 0 saturated heterocycles. The molecule has 0 unspecified atom stereocenters. The number of nitrogens with zero attached hydrogens (tertiary/aromatic N) is 1. The Hall–Kier alpha value is -1.89. The van der Waals surface area contributed by atoms with Crippen molar-refractivity contribution in [3.05, 3.63) is 54.6 Å². The summed E-state index contributed by atoms with van der Waals surface area (Å²) in [5.41, 5.74) is 2.93. The van der Waals surface area contributed by atoms with Crippen LogP contribution in [0.5, 0.6) is 0 Å². The highest BCUT2D eigenvalue weighted by Gasteiger charge is 1.98. The summed E-state index contributed by atoms with van der Waals surface area (Å²) >= 11 is 0. The summed E-state index contributed by atoms with van der Waals surface area (Å²) in [7, 11) is 0. The molecule has 0 atom stereocenters. The monoisotopic (exact) mass is 209 g/mol. The van der Waals surface area contributed by atoms with Crippen LogP contribution in [0.25, 0.3) is 16.5 Å². The molecule has 80 valence electrons. The van der Waals surface area contributed by atoms with Gasteiger partial charge in [0.2, 0.25) is 0 Å². The van der Waals surface area contributed by atoms with Gasteiger partial charge in [0.1, 0.15) is 0 Å². The highest BCUT2D eigenvalue weighted by molar-refractivity contribution is 5.89. The Morgan fingerprint density at radius 3 is 2.38 bits per heavy atom. The maximum Gasteiger partial charge on any atom is 0.0629 e. The second kappa shape index (κ2) is 4.31. The molecule has 16 heavy (non-hydrogen) atoms. The number of hydrogen-bond donors (Lipinski definition) is 0. The predicted molar refractivity (Wildman–Crippen MR) is 71.8 cm³/mol. The van der Waals surface area contributed by atoms with Crippen molar-refractivity contribution in [1.82, 2.24) is 0 Å². The largest absolute Gasteiger partial charge is 0.258 e. The minimum Gasteiger partial charge on any atom is -0.258 e. The molecule has 0 spiro atoms. The van der Waals surface area contributed by atoms with Crippen LogP contribution in [0, 0.1) is 0 Å². The van der Waals surface area contributed by atoms with Gasteiger partial charge in [0.05, 0.1) is 5.70 Å². The van der Waals surface area contributed by atoms with Crippen molar-refractivity contribution in [3.63, 3.8) is 0 Å². The number of fused-ring (bicyclic) bond motifs is 1. The van der Waals surface area contributed by atoms with Gasteiger partial charge in [0.15, 0.2) is 0 Å². The van der Waals surface area contributed by atoms with Crippen molar-refractivity contribution in [1.29, 1.82) is 0 Å². The standard InChI is InChI=1S/C15H15N/c1-11(2)16-12(3)14-9-8-13-6-4-5-7-15(13)10-14/h4-10H,3H2,1-2H3. The van der Waals surface area contributed by atoms with E-state index in [1.165, 1.54) is 10.8 Å². The molecule has 0 fully saturated rings. The molecular formula is C15H15N. The number of aliphatic imine (C=N–C) groups is 1. The van der Waals surface area contributed by atoms with E-state index in [2.05, 4.69) is 41.9 Å². The molecule has 1 nitrogen and oxygen atoms in total. The minimum atomic E-state index is 0.825.